The topological polar surface area (TPSA) is 46.5 Å². The van der Waals surface area contributed by atoms with E-state index in [4.69, 9.17) is 9.84 Å². The van der Waals surface area contributed by atoms with Crippen LogP contribution < -0.4 is 0 Å². The van der Waals surface area contributed by atoms with Crippen molar-refractivity contribution < 1.29 is 14.6 Å². The van der Waals surface area contributed by atoms with Crippen LogP contribution in [0.15, 0.2) is 42.5 Å². The fourth-order valence-electron chi connectivity index (χ4n) is 3.76. The number of allylic oxidation sites excluding steroid dienone is 2. The highest BCUT2D eigenvalue weighted by molar-refractivity contribution is 7.99. The van der Waals surface area contributed by atoms with Crippen LogP contribution in [-0.4, -0.2) is 28.5 Å². The lowest BCUT2D eigenvalue weighted by Gasteiger charge is -2.26. The number of aliphatic carboxylic acids is 1. The van der Waals surface area contributed by atoms with Crippen molar-refractivity contribution >= 4 is 17.7 Å². The first kappa shape index (κ1) is 17.6. The number of carbonyl (C=O) groups is 1. The Bertz CT molecular complexity index is 557. The summed E-state index contributed by atoms with van der Waals surface area (Å²) in [7, 11) is 0. The Balaban J connectivity index is 1.47. The summed E-state index contributed by atoms with van der Waals surface area (Å²) < 4.78 is 6.16. The van der Waals surface area contributed by atoms with Gasteiger partial charge in [-0.2, -0.15) is 11.8 Å². The molecule has 2 saturated heterocycles. The molecule has 0 unspecified atom stereocenters. The quantitative estimate of drug-likeness (QED) is 0.521. The van der Waals surface area contributed by atoms with Crippen LogP contribution in [0.4, 0.5) is 0 Å². The standard InChI is InChI=1S/C20H26O3S/c21-19(22)11-7-2-1-6-10-16-17-12-13-18(23-17)20(16)24-14-15-8-4-3-5-9-15/h1,3-6,8-9,16-18,20H,2,7,10-14H2,(H,21,22)/t16-,17+,18-,20+/m0/s1. The third-order valence-corrected chi connectivity index (χ3v) is 6.51. The summed E-state index contributed by atoms with van der Waals surface area (Å²) in [6.45, 7) is 0. The van der Waals surface area contributed by atoms with Gasteiger partial charge in [0, 0.05) is 23.3 Å². The lowest BCUT2D eigenvalue weighted by molar-refractivity contribution is -0.137. The van der Waals surface area contributed by atoms with Crippen molar-refractivity contribution in [2.45, 2.75) is 61.7 Å². The molecule has 0 saturated carbocycles. The Morgan fingerprint density at radius 1 is 1.21 bits per heavy atom. The molecule has 0 amide bonds. The maximum absolute atomic E-state index is 10.5. The molecule has 2 aliphatic rings. The lowest BCUT2D eigenvalue weighted by Crippen LogP contribution is -2.29. The van der Waals surface area contributed by atoms with Gasteiger partial charge in [-0.3, -0.25) is 4.79 Å². The Morgan fingerprint density at radius 3 is 2.79 bits per heavy atom. The number of unbranched alkanes of at least 4 members (excludes halogenated alkanes) is 1. The number of rotatable bonds is 9. The van der Waals surface area contributed by atoms with Crippen molar-refractivity contribution in [2.75, 3.05) is 0 Å². The first-order valence-electron chi connectivity index (χ1n) is 8.92. The fraction of sp³-hybridized carbons (Fsp3) is 0.550. The minimum atomic E-state index is -0.706. The highest BCUT2D eigenvalue weighted by Crippen LogP contribution is 2.47. The monoisotopic (exact) mass is 346 g/mol. The molecule has 4 heteroatoms. The van der Waals surface area contributed by atoms with Crippen LogP contribution in [0.2, 0.25) is 0 Å². The fourth-order valence-corrected chi connectivity index (χ4v) is 5.28. The number of fused-ring (bicyclic) bond motifs is 2. The third-order valence-electron chi connectivity index (χ3n) is 4.97. The van der Waals surface area contributed by atoms with Gasteiger partial charge >= 0.3 is 5.97 Å². The van der Waals surface area contributed by atoms with E-state index >= 15 is 0 Å². The number of hydrogen-bond donors (Lipinski definition) is 1. The molecule has 4 atom stereocenters. The van der Waals surface area contributed by atoms with Crippen molar-refractivity contribution in [3.63, 3.8) is 0 Å². The SMILES string of the molecule is O=C(O)CCCC=CC[C@@H]1[C@@H](SCc2ccccc2)[C@@H]2CC[C@H]1O2. The summed E-state index contributed by atoms with van der Waals surface area (Å²) in [5.74, 6) is 0.951. The minimum Gasteiger partial charge on any atom is -0.481 e. The molecule has 24 heavy (non-hydrogen) atoms. The Labute approximate surface area is 148 Å². The van der Waals surface area contributed by atoms with Gasteiger partial charge in [0.1, 0.15) is 0 Å². The maximum atomic E-state index is 10.5. The van der Waals surface area contributed by atoms with E-state index < -0.39 is 5.97 Å². The smallest absolute Gasteiger partial charge is 0.303 e. The molecular formula is C20H26O3S. The average Bonchev–Trinajstić information content (AvgIpc) is 3.18. The van der Waals surface area contributed by atoms with Crippen LogP contribution in [0.5, 0.6) is 0 Å². The molecule has 2 heterocycles. The van der Waals surface area contributed by atoms with E-state index in [-0.39, 0.29) is 6.42 Å². The third kappa shape index (κ3) is 4.64. The summed E-state index contributed by atoms with van der Waals surface area (Å²) in [5.41, 5.74) is 1.38. The van der Waals surface area contributed by atoms with E-state index in [2.05, 4.69) is 42.5 Å². The van der Waals surface area contributed by atoms with Crippen LogP contribution in [0.1, 0.15) is 44.1 Å². The molecule has 130 valence electrons. The number of carboxylic acids is 1. The van der Waals surface area contributed by atoms with Crippen molar-refractivity contribution in [3.8, 4) is 0 Å². The molecule has 1 aromatic carbocycles. The van der Waals surface area contributed by atoms with E-state index in [0.29, 0.717) is 23.4 Å². The van der Waals surface area contributed by atoms with E-state index in [0.717, 1.165) is 25.0 Å². The van der Waals surface area contributed by atoms with Gasteiger partial charge in [-0.1, -0.05) is 42.5 Å². The van der Waals surface area contributed by atoms with Gasteiger partial charge < -0.3 is 9.84 Å². The molecule has 0 radical (unpaired) electrons. The molecule has 0 aromatic heterocycles. The summed E-state index contributed by atoms with van der Waals surface area (Å²) in [6, 6.07) is 10.7. The minimum absolute atomic E-state index is 0.261. The van der Waals surface area contributed by atoms with Crippen LogP contribution in [0.3, 0.4) is 0 Å². The number of benzene rings is 1. The van der Waals surface area contributed by atoms with Crippen LogP contribution >= 0.6 is 11.8 Å². The van der Waals surface area contributed by atoms with E-state index in [1.807, 2.05) is 11.8 Å². The summed E-state index contributed by atoms with van der Waals surface area (Å²) in [6.07, 6.45) is 10.5. The zero-order valence-corrected chi connectivity index (χ0v) is 14.8. The first-order valence-corrected chi connectivity index (χ1v) is 9.96. The largest absolute Gasteiger partial charge is 0.481 e. The molecule has 3 nitrogen and oxygen atoms in total. The van der Waals surface area contributed by atoms with Gasteiger partial charge in [0.05, 0.1) is 12.2 Å². The molecule has 3 rings (SSSR count). The predicted octanol–water partition coefficient (Wildman–Crippen LogP) is 4.67. The molecule has 2 aliphatic heterocycles. The Kier molecular flexibility index (Phi) is 6.38. The summed E-state index contributed by atoms with van der Waals surface area (Å²) >= 11 is 2.04. The maximum Gasteiger partial charge on any atom is 0.303 e. The van der Waals surface area contributed by atoms with Crippen molar-refractivity contribution in [3.05, 3.63) is 48.0 Å². The Hall–Kier alpha value is -1.26. The predicted molar refractivity (Wildman–Crippen MR) is 98.2 cm³/mol. The first-order chi connectivity index (χ1) is 11.7. The molecule has 2 fully saturated rings. The van der Waals surface area contributed by atoms with Crippen LogP contribution in [-0.2, 0) is 15.3 Å². The summed E-state index contributed by atoms with van der Waals surface area (Å²) in [4.78, 5) is 10.5. The van der Waals surface area contributed by atoms with E-state index in [1.54, 1.807) is 0 Å². The van der Waals surface area contributed by atoms with Gasteiger partial charge in [0.25, 0.3) is 0 Å². The molecule has 0 aliphatic carbocycles. The highest BCUT2D eigenvalue weighted by Gasteiger charge is 2.48. The van der Waals surface area contributed by atoms with E-state index in [9.17, 15) is 4.79 Å². The van der Waals surface area contributed by atoms with Crippen molar-refractivity contribution in [2.24, 2.45) is 5.92 Å². The second-order valence-electron chi connectivity index (χ2n) is 6.71. The number of ether oxygens (including phenoxy) is 1. The average molecular weight is 346 g/mol. The van der Waals surface area contributed by atoms with Crippen LogP contribution in [0.25, 0.3) is 0 Å². The van der Waals surface area contributed by atoms with Gasteiger partial charge in [0.15, 0.2) is 0 Å². The molecule has 1 aromatic rings. The number of thioether (sulfide) groups is 1. The molecule has 1 N–H and O–H groups in total. The van der Waals surface area contributed by atoms with Gasteiger partial charge in [-0.05, 0) is 37.7 Å². The van der Waals surface area contributed by atoms with Gasteiger partial charge in [-0.25, -0.2) is 0 Å². The highest BCUT2D eigenvalue weighted by atomic mass is 32.2. The molecule has 0 spiro atoms. The van der Waals surface area contributed by atoms with Gasteiger partial charge in [-0.15, -0.1) is 0 Å². The Morgan fingerprint density at radius 2 is 2.00 bits per heavy atom. The number of carboxylic acid groups (broad SMARTS) is 1. The normalized spacial score (nSPS) is 28.7. The van der Waals surface area contributed by atoms with Crippen LogP contribution in [0, 0.1) is 5.92 Å². The van der Waals surface area contributed by atoms with Crippen molar-refractivity contribution in [1.82, 2.24) is 0 Å². The second kappa shape index (κ2) is 8.72. The zero-order chi connectivity index (χ0) is 16.8. The molecular weight excluding hydrogens is 320 g/mol. The lowest BCUT2D eigenvalue weighted by atomic mass is 9.86. The van der Waals surface area contributed by atoms with Gasteiger partial charge in [0.2, 0.25) is 0 Å². The number of hydrogen-bond acceptors (Lipinski definition) is 3. The second-order valence-corrected chi connectivity index (χ2v) is 7.87. The van der Waals surface area contributed by atoms with E-state index in [1.165, 1.54) is 18.4 Å². The summed E-state index contributed by atoms with van der Waals surface area (Å²) in [5, 5.41) is 9.25. The molecule has 2 bridgehead atoms. The zero-order valence-electron chi connectivity index (χ0n) is 14.0. The van der Waals surface area contributed by atoms with Crippen molar-refractivity contribution in [1.29, 1.82) is 0 Å².